The lowest BCUT2D eigenvalue weighted by Gasteiger charge is -2.11. The number of carbonyl (C=O) groups excluding carboxylic acids is 1. The average molecular weight is 366 g/mol. The van der Waals surface area contributed by atoms with Crippen LogP contribution < -0.4 is 5.32 Å². The van der Waals surface area contributed by atoms with Crippen molar-refractivity contribution in [2.24, 2.45) is 0 Å². The fourth-order valence-corrected chi connectivity index (χ4v) is 3.24. The third-order valence-corrected chi connectivity index (χ3v) is 4.67. The fourth-order valence-electron chi connectivity index (χ4n) is 1.98. The summed E-state index contributed by atoms with van der Waals surface area (Å²) in [5.41, 5.74) is -0.203. The van der Waals surface area contributed by atoms with Gasteiger partial charge in [0.25, 0.3) is 5.91 Å². The van der Waals surface area contributed by atoms with Crippen LogP contribution in [0.5, 0.6) is 0 Å². The molecule has 0 aliphatic carbocycles. The van der Waals surface area contributed by atoms with Gasteiger partial charge in [0.15, 0.2) is 0 Å². The molecule has 0 aliphatic rings. The van der Waals surface area contributed by atoms with Crippen LogP contribution in [0.3, 0.4) is 0 Å². The lowest BCUT2D eigenvalue weighted by Crippen LogP contribution is -2.21. The van der Waals surface area contributed by atoms with Gasteiger partial charge >= 0.3 is 11.9 Å². The van der Waals surface area contributed by atoms with E-state index in [1.54, 1.807) is 18.2 Å². The fraction of sp³-hybridized carbons (Fsp3) is 0.0625. The van der Waals surface area contributed by atoms with Crippen LogP contribution in [0.15, 0.2) is 46.2 Å². The Morgan fingerprint density at radius 3 is 2.17 bits per heavy atom. The van der Waals surface area contributed by atoms with Gasteiger partial charge in [-0.25, -0.2) is 9.59 Å². The van der Waals surface area contributed by atoms with Gasteiger partial charge in [0.05, 0.1) is 21.7 Å². The molecule has 0 radical (unpaired) electrons. The number of aromatic carboxylic acids is 2. The first-order valence-corrected chi connectivity index (χ1v) is 7.83. The SMILES string of the molecule is CNC(=O)c1cc(Cl)c(Sc2ccccc2C(=O)O)cc1C(=O)O. The van der Waals surface area contributed by atoms with Gasteiger partial charge in [-0.2, -0.15) is 0 Å². The molecule has 24 heavy (non-hydrogen) atoms. The highest BCUT2D eigenvalue weighted by Crippen LogP contribution is 2.37. The molecule has 6 nitrogen and oxygen atoms in total. The Hall–Kier alpha value is -2.51. The molecule has 0 saturated heterocycles. The van der Waals surface area contributed by atoms with E-state index in [1.165, 1.54) is 25.2 Å². The molecule has 0 saturated carbocycles. The average Bonchev–Trinajstić information content (AvgIpc) is 2.55. The Kier molecular flexibility index (Phi) is 5.48. The van der Waals surface area contributed by atoms with E-state index in [2.05, 4.69) is 5.32 Å². The minimum atomic E-state index is -1.28. The summed E-state index contributed by atoms with van der Waals surface area (Å²) in [5, 5.41) is 21.0. The highest BCUT2D eigenvalue weighted by atomic mass is 35.5. The first-order valence-electron chi connectivity index (χ1n) is 6.64. The van der Waals surface area contributed by atoms with Crippen LogP contribution in [0, 0.1) is 0 Å². The zero-order valence-corrected chi connectivity index (χ0v) is 13.9. The molecule has 0 spiro atoms. The largest absolute Gasteiger partial charge is 0.478 e. The van der Waals surface area contributed by atoms with Crippen LogP contribution in [0.2, 0.25) is 5.02 Å². The summed E-state index contributed by atoms with van der Waals surface area (Å²) in [7, 11) is 1.38. The molecule has 0 atom stereocenters. The monoisotopic (exact) mass is 365 g/mol. The van der Waals surface area contributed by atoms with E-state index in [0.29, 0.717) is 9.79 Å². The van der Waals surface area contributed by atoms with Gasteiger partial charge in [-0.3, -0.25) is 4.79 Å². The minimum absolute atomic E-state index is 0.0640. The van der Waals surface area contributed by atoms with Crippen LogP contribution in [0.25, 0.3) is 0 Å². The predicted octanol–water partition coefficient (Wildman–Crippen LogP) is 3.25. The number of benzene rings is 2. The van der Waals surface area contributed by atoms with Gasteiger partial charge in [0.2, 0.25) is 0 Å². The summed E-state index contributed by atoms with van der Waals surface area (Å²) in [6, 6.07) is 8.81. The normalized spacial score (nSPS) is 10.2. The molecule has 0 unspecified atom stereocenters. The topological polar surface area (TPSA) is 104 Å². The number of halogens is 1. The van der Waals surface area contributed by atoms with Crippen molar-refractivity contribution in [2.45, 2.75) is 9.79 Å². The molecular weight excluding hydrogens is 354 g/mol. The van der Waals surface area contributed by atoms with E-state index in [1.807, 2.05) is 0 Å². The van der Waals surface area contributed by atoms with Crippen LogP contribution >= 0.6 is 23.4 Å². The molecule has 2 aromatic rings. The van der Waals surface area contributed by atoms with E-state index in [4.69, 9.17) is 11.6 Å². The molecule has 124 valence electrons. The van der Waals surface area contributed by atoms with Crippen LogP contribution in [-0.4, -0.2) is 35.1 Å². The second-order valence-electron chi connectivity index (χ2n) is 4.62. The number of hydrogen-bond acceptors (Lipinski definition) is 4. The van der Waals surface area contributed by atoms with Crippen molar-refractivity contribution in [3.05, 3.63) is 58.1 Å². The molecular formula is C16H12ClNO5S. The van der Waals surface area contributed by atoms with E-state index < -0.39 is 17.8 Å². The Bertz CT molecular complexity index is 837. The minimum Gasteiger partial charge on any atom is -0.478 e. The Labute approximate surface area is 146 Å². The lowest BCUT2D eigenvalue weighted by atomic mass is 10.1. The van der Waals surface area contributed by atoms with Crippen molar-refractivity contribution in [2.75, 3.05) is 7.05 Å². The van der Waals surface area contributed by atoms with Gasteiger partial charge in [0.1, 0.15) is 0 Å². The van der Waals surface area contributed by atoms with Crippen molar-refractivity contribution in [1.82, 2.24) is 5.32 Å². The Balaban J connectivity index is 2.53. The zero-order chi connectivity index (χ0) is 17.9. The number of carboxylic acids is 2. The number of hydrogen-bond donors (Lipinski definition) is 3. The predicted molar refractivity (Wildman–Crippen MR) is 89.3 cm³/mol. The van der Waals surface area contributed by atoms with Crippen LogP contribution in [-0.2, 0) is 0 Å². The summed E-state index contributed by atoms with van der Waals surface area (Å²) in [6.07, 6.45) is 0. The summed E-state index contributed by atoms with van der Waals surface area (Å²) in [5.74, 6) is -2.95. The summed E-state index contributed by atoms with van der Waals surface area (Å²) < 4.78 is 0. The second-order valence-corrected chi connectivity index (χ2v) is 6.11. The van der Waals surface area contributed by atoms with Crippen LogP contribution in [0.4, 0.5) is 0 Å². The van der Waals surface area contributed by atoms with E-state index >= 15 is 0 Å². The highest BCUT2D eigenvalue weighted by Gasteiger charge is 2.20. The summed E-state index contributed by atoms with van der Waals surface area (Å²) >= 11 is 7.17. The van der Waals surface area contributed by atoms with Crippen molar-refractivity contribution in [1.29, 1.82) is 0 Å². The van der Waals surface area contributed by atoms with Gasteiger partial charge < -0.3 is 15.5 Å². The number of amides is 1. The maximum absolute atomic E-state index is 11.8. The van der Waals surface area contributed by atoms with E-state index in [0.717, 1.165) is 11.8 Å². The second kappa shape index (κ2) is 7.37. The first-order chi connectivity index (χ1) is 11.3. The quantitative estimate of drug-likeness (QED) is 0.751. The third kappa shape index (κ3) is 3.69. The maximum Gasteiger partial charge on any atom is 0.336 e. The molecule has 0 aliphatic heterocycles. The third-order valence-electron chi connectivity index (χ3n) is 3.11. The molecule has 0 bridgehead atoms. The summed E-state index contributed by atoms with van der Waals surface area (Å²) in [4.78, 5) is 35.2. The maximum atomic E-state index is 11.8. The van der Waals surface area contributed by atoms with E-state index in [9.17, 15) is 24.6 Å². The number of carboxylic acid groups (broad SMARTS) is 2. The molecule has 0 aromatic heterocycles. The molecule has 0 fully saturated rings. The molecule has 2 rings (SSSR count). The molecule has 3 N–H and O–H groups in total. The van der Waals surface area contributed by atoms with Gasteiger partial charge in [-0.05, 0) is 24.3 Å². The van der Waals surface area contributed by atoms with Gasteiger partial charge in [-0.15, -0.1) is 0 Å². The van der Waals surface area contributed by atoms with Crippen molar-refractivity contribution >= 4 is 41.2 Å². The summed E-state index contributed by atoms with van der Waals surface area (Å²) in [6.45, 7) is 0. The van der Waals surface area contributed by atoms with Crippen molar-refractivity contribution in [3.63, 3.8) is 0 Å². The van der Waals surface area contributed by atoms with E-state index in [-0.39, 0.29) is 21.7 Å². The number of carbonyl (C=O) groups is 3. The molecule has 2 aromatic carbocycles. The first kappa shape index (κ1) is 17.8. The van der Waals surface area contributed by atoms with Crippen molar-refractivity contribution < 1.29 is 24.6 Å². The number of nitrogens with one attached hydrogen (secondary N) is 1. The molecule has 8 heteroatoms. The smallest absolute Gasteiger partial charge is 0.336 e. The molecule has 0 heterocycles. The lowest BCUT2D eigenvalue weighted by molar-refractivity contribution is 0.0682. The van der Waals surface area contributed by atoms with Crippen molar-refractivity contribution in [3.8, 4) is 0 Å². The Morgan fingerprint density at radius 2 is 1.58 bits per heavy atom. The number of rotatable bonds is 5. The highest BCUT2D eigenvalue weighted by molar-refractivity contribution is 7.99. The van der Waals surface area contributed by atoms with Gasteiger partial charge in [-0.1, -0.05) is 35.5 Å². The standard InChI is InChI=1S/C16H12ClNO5S/c1-18-14(19)9-6-11(17)13(7-10(9)16(22)23)24-12-5-3-2-4-8(12)15(20)21/h2-7H,1H3,(H,18,19)(H,20,21)(H,22,23). The zero-order valence-electron chi connectivity index (χ0n) is 12.4. The molecule has 1 amide bonds. The van der Waals surface area contributed by atoms with Crippen LogP contribution in [0.1, 0.15) is 31.1 Å². The Morgan fingerprint density at radius 1 is 0.958 bits per heavy atom. The van der Waals surface area contributed by atoms with Gasteiger partial charge in [0, 0.05) is 16.8 Å².